The number of rotatable bonds is 4. The van der Waals surface area contributed by atoms with Gasteiger partial charge in [0.1, 0.15) is 0 Å². The van der Waals surface area contributed by atoms with Crippen LogP contribution in [0, 0.1) is 5.92 Å². The van der Waals surface area contributed by atoms with E-state index in [0.717, 1.165) is 6.61 Å². The van der Waals surface area contributed by atoms with E-state index in [1.54, 1.807) is 7.11 Å². The van der Waals surface area contributed by atoms with Crippen molar-refractivity contribution >= 4 is 0 Å². The molecule has 1 aliphatic rings. The predicted molar refractivity (Wildman–Crippen MR) is 51.3 cm³/mol. The standard InChI is InChI=1S/C10H21NO/c1-9(8-12-3)7-10(2)5-4-6-11-10/h9,11H,4-8H2,1-3H3. The molecule has 0 aromatic rings. The highest BCUT2D eigenvalue weighted by Crippen LogP contribution is 2.26. The van der Waals surface area contributed by atoms with Crippen molar-refractivity contribution in [3.63, 3.8) is 0 Å². The molecule has 72 valence electrons. The largest absolute Gasteiger partial charge is 0.384 e. The Morgan fingerprint density at radius 1 is 1.58 bits per heavy atom. The molecule has 1 aliphatic heterocycles. The van der Waals surface area contributed by atoms with E-state index in [0.29, 0.717) is 11.5 Å². The van der Waals surface area contributed by atoms with Crippen LogP contribution in [0.5, 0.6) is 0 Å². The molecule has 1 saturated heterocycles. The van der Waals surface area contributed by atoms with Crippen molar-refractivity contribution in [3.8, 4) is 0 Å². The van der Waals surface area contributed by atoms with Crippen LogP contribution in [0.3, 0.4) is 0 Å². The Morgan fingerprint density at radius 3 is 2.83 bits per heavy atom. The van der Waals surface area contributed by atoms with Crippen LogP contribution >= 0.6 is 0 Å². The molecule has 1 rings (SSSR count). The van der Waals surface area contributed by atoms with Crippen molar-refractivity contribution in [2.75, 3.05) is 20.3 Å². The molecule has 0 aliphatic carbocycles. The van der Waals surface area contributed by atoms with E-state index in [-0.39, 0.29) is 0 Å². The average Bonchev–Trinajstić information content (AvgIpc) is 2.36. The van der Waals surface area contributed by atoms with Crippen molar-refractivity contribution in [3.05, 3.63) is 0 Å². The van der Waals surface area contributed by atoms with Gasteiger partial charge in [-0.15, -0.1) is 0 Å². The molecule has 0 saturated carbocycles. The molecule has 0 bridgehead atoms. The van der Waals surface area contributed by atoms with Gasteiger partial charge in [0.05, 0.1) is 0 Å². The number of hydrogen-bond donors (Lipinski definition) is 1. The molecule has 2 nitrogen and oxygen atoms in total. The van der Waals surface area contributed by atoms with Crippen LogP contribution in [-0.2, 0) is 4.74 Å². The summed E-state index contributed by atoms with van der Waals surface area (Å²) in [6.07, 6.45) is 3.89. The van der Waals surface area contributed by atoms with Gasteiger partial charge in [0, 0.05) is 19.3 Å². The molecule has 12 heavy (non-hydrogen) atoms. The molecule has 2 unspecified atom stereocenters. The normalized spacial score (nSPS) is 32.2. The third-order valence-electron chi connectivity index (χ3n) is 2.71. The topological polar surface area (TPSA) is 21.3 Å². The molecule has 0 spiro atoms. The van der Waals surface area contributed by atoms with Gasteiger partial charge in [-0.25, -0.2) is 0 Å². The highest BCUT2D eigenvalue weighted by Gasteiger charge is 2.29. The van der Waals surface area contributed by atoms with Gasteiger partial charge < -0.3 is 10.1 Å². The third-order valence-corrected chi connectivity index (χ3v) is 2.71. The lowest BCUT2D eigenvalue weighted by Crippen LogP contribution is -2.38. The smallest absolute Gasteiger partial charge is 0.0488 e. The van der Waals surface area contributed by atoms with E-state index < -0.39 is 0 Å². The first-order valence-electron chi connectivity index (χ1n) is 4.90. The Morgan fingerprint density at radius 2 is 2.33 bits per heavy atom. The maximum absolute atomic E-state index is 5.13. The molecular formula is C10H21NO. The van der Waals surface area contributed by atoms with Crippen LogP contribution in [0.25, 0.3) is 0 Å². The van der Waals surface area contributed by atoms with Gasteiger partial charge in [-0.2, -0.15) is 0 Å². The van der Waals surface area contributed by atoms with Crippen molar-refractivity contribution < 1.29 is 4.74 Å². The summed E-state index contributed by atoms with van der Waals surface area (Å²) in [5.74, 6) is 0.672. The van der Waals surface area contributed by atoms with Gasteiger partial charge in [-0.1, -0.05) is 6.92 Å². The minimum atomic E-state index is 0.387. The van der Waals surface area contributed by atoms with Crippen LogP contribution < -0.4 is 5.32 Å². The quantitative estimate of drug-likeness (QED) is 0.696. The second-order valence-electron chi connectivity index (χ2n) is 4.36. The minimum absolute atomic E-state index is 0.387. The van der Waals surface area contributed by atoms with Gasteiger partial charge in [-0.05, 0) is 38.6 Å². The maximum atomic E-state index is 5.13. The summed E-state index contributed by atoms with van der Waals surface area (Å²) in [6, 6.07) is 0. The second-order valence-corrected chi connectivity index (χ2v) is 4.36. The molecule has 0 amide bonds. The van der Waals surface area contributed by atoms with Gasteiger partial charge in [-0.3, -0.25) is 0 Å². The summed E-state index contributed by atoms with van der Waals surface area (Å²) in [4.78, 5) is 0. The van der Waals surface area contributed by atoms with Gasteiger partial charge in [0.2, 0.25) is 0 Å². The van der Waals surface area contributed by atoms with E-state index in [1.165, 1.54) is 25.8 Å². The molecule has 1 fully saturated rings. The zero-order chi connectivity index (χ0) is 9.03. The van der Waals surface area contributed by atoms with E-state index in [2.05, 4.69) is 19.2 Å². The van der Waals surface area contributed by atoms with Gasteiger partial charge in [0.15, 0.2) is 0 Å². The van der Waals surface area contributed by atoms with E-state index >= 15 is 0 Å². The lowest BCUT2D eigenvalue weighted by Gasteiger charge is -2.27. The van der Waals surface area contributed by atoms with Crippen molar-refractivity contribution in [1.82, 2.24) is 5.32 Å². The Balaban J connectivity index is 2.28. The lowest BCUT2D eigenvalue weighted by molar-refractivity contribution is 0.139. The minimum Gasteiger partial charge on any atom is -0.384 e. The average molecular weight is 171 g/mol. The Bertz CT molecular complexity index is 130. The Kier molecular flexibility index (Phi) is 3.53. The first-order chi connectivity index (χ1) is 5.66. The number of ether oxygens (including phenoxy) is 1. The number of methoxy groups -OCH3 is 1. The first-order valence-corrected chi connectivity index (χ1v) is 4.90. The summed E-state index contributed by atoms with van der Waals surface area (Å²) >= 11 is 0. The predicted octanol–water partition coefficient (Wildman–Crippen LogP) is 1.80. The van der Waals surface area contributed by atoms with Crippen LogP contribution in [0.1, 0.15) is 33.1 Å². The summed E-state index contributed by atoms with van der Waals surface area (Å²) < 4.78 is 5.13. The van der Waals surface area contributed by atoms with Gasteiger partial charge >= 0.3 is 0 Å². The van der Waals surface area contributed by atoms with Gasteiger partial charge in [0.25, 0.3) is 0 Å². The summed E-state index contributed by atoms with van der Waals surface area (Å²) in [5.41, 5.74) is 0.387. The fourth-order valence-electron chi connectivity index (χ4n) is 2.24. The maximum Gasteiger partial charge on any atom is 0.0488 e. The van der Waals surface area contributed by atoms with E-state index in [9.17, 15) is 0 Å². The summed E-state index contributed by atoms with van der Waals surface area (Å²) in [6.45, 7) is 6.66. The SMILES string of the molecule is COCC(C)CC1(C)CCCN1. The third kappa shape index (κ3) is 2.76. The molecule has 2 heteroatoms. The monoisotopic (exact) mass is 171 g/mol. The number of hydrogen-bond acceptors (Lipinski definition) is 2. The molecule has 2 atom stereocenters. The van der Waals surface area contributed by atoms with Crippen LogP contribution in [0.4, 0.5) is 0 Å². The molecule has 0 aromatic heterocycles. The van der Waals surface area contributed by atoms with Crippen LogP contribution in [0.15, 0.2) is 0 Å². The Labute approximate surface area is 75.7 Å². The summed E-state index contributed by atoms with van der Waals surface area (Å²) in [7, 11) is 1.78. The van der Waals surface area contributed by atoms with Crippen LogP contribution in [0.2, 0.25) is 0 Å². The fourth-order valence-corrected chi connectivity index (χ4v) is 2.24. The summed E-state index contributed by atoms with van der Waals surface area (Å²) in [5, 5.41) is 3.57. The van der Waals surface area contributed by atoms with Crippen molar-refractivity contribution in [2.24, 2.45) is 5.92 Å². The molecule has 0 aromatic carbocycles. The zero-order valence-corrected chi connectivity index (χ0v) is 8.52. The molecular weight excluding hydrogens is 150 g/mol. The lowest BCUT2D eigenvalue weighted by atomic mass is 9.89. The van der Waals surface area contributed by atoms with E-state index in [4.69, 9.17) is 4.74 Å². The molecule has 1 N–H and O–H groups in total. The highest BCUT2D eigenvalue weighted by molar-refractivity contribution is 4.89. The fraction of sp³-hybridized carbons (Fsp3) is 1.00. The number of nitrogens with one attached hydrogen (secondary N) is 1. The second kappa shape index (κ2) is 4.24. The Hall–Kier alpha value is -0.0800. The zero-order valence-electron chi connectivity index (χ0n) is 8.52. The highest BCUT2D eigenvalue weighted by atomic mass is 16.5. The van der Waals surface area contributed by atoms with Crippen LogP contribution in [-0.4, -0.2) is 25.8 Å². The first kappa shape index (κ1) is 10.0. The molecule has 0 radical (unpaired) electrons. The van der Waals surface area contributed by atoms with Crippen molar-refractivity contribution in [1.29, 1.82) is 0 Å². The molecule has 1 heterocycles. The van der Waals surface area contributed by atoms with Crippen molar-refractivity contribution in [2.45, 2.75) is 38.6 Å². The van der Waals surface area contributed by atoms with E-state index in [1.807, 2.05) is 0 Å².